The van der Waals surface area contributed by atoms with Crippen molar-refractivity contribution in [3.8, 4) is 0 Å². The number of rotatable bonds is 1. The van der Waals surface area contributed by atoms with E-state index in [0.717, 1.165) is 12.5 Å². The van der Waals surface area contributed by atoms with Crippen molar-refractivity contribution in [1.29, 1.82) is 0 Å². The third kappa shape index (κ3) is 3.14. The summed E-state index contributed by atoms with van der Waals surface area (Å²) in [5.74, 6) is 0.810. The zero-order valence-electron chi connectivity index (χ0n) is 11.2. The molecule has 1 aliphatic heterocycles. The lowest BCUT2D eigenvalue weighted by Gasteiger charge is -2.37. The molecule has 0 aromatic heterocycles. The highest BCUT2D eigenvalue weighted by atomic mass is 19.4. The maximum absolute atomic E-state index is 13.1. The fraction of sp³-hybridized carbons (Fsp3) is 0.571. The molecule has 0 saturated carbocycles. The molecule has 106 valence electrons. The number of halogens is 3. The summed E-state index contributed by atoms with van der Waals surface area (Å²) in [7, 11) is 0. The number of hydrogen-bond donors (Lipinski definition) is 1. The molecule has 5 heteroatoms. The smallest absolute Gasteiger partial charge is 0.399 e. The van der Waals surface area contributed by atoms with Crippen LogP contribution in [-0.2, 0) is 6.18 Å². The molecule has 1 heterocycles. The summed E-state index contributed by atoms with van der Waals surface area (Å²) in [6, 6.07) is 4.05. The summed E-state index contributed by atoms with van der Waals surface area (Å²) < 4.78 is 39.3. The first-order chi connectivity index (χ1) is 8.77. The van der Waals surface area contributed by atoms with E-state index in [1.807, 2.05) is 4.90 Å². The van der Waals surface area contributed by atoms with Crippen LogP contribution in [0.15, 0.2) is 18.2 Å². The Kier molecular flexibility index (Phi) is 3.65. The number of hydrogen-bond acceptors (Lipinski definition) is 2. The average molecular weight is 272 g/mol. The summed E-state index contributed by atoms with van der Waals surface area (Å²) in [5.41, 5.74) is 5.26. The number of anilines is 2. The minimum absolute atomic E-state index is 0.147. The first kappa shape index (κ1) is 14.0. The zero-order chi connectivity index (χ0) is 14.2. The van der Waals surface area contributed by atoms with Gasteiger partial charge in [0.2, 0.25) is 0 Å². The molecule has 0 spiro atoms. The van der Waals surface area contributed by atoms with Gasteiger partial charge >= 0.3 is 6.18 Å². The topological polar surface area (TPSA) is 29.3 Å². The van der Waals surface area contributed by atoms with Crippen LogP contribution in [0.3, 0.4) is 0 Å². The van der Waals surface area contributed by atoms with Gasteiger partial charge < -0.3 is 10.6 Å². The predicted octanol–water partition coefficient (Wildman–Crippen LogP) is 3.77. The van der Waals surface area contributed by atoms with Gasteiger partial charge in [-0.2, -0.15) is 13.2 Å². The van der Waals surface area contributed by atoms with Crippen molar-refractivity contribution in [1.82, 2.24) is 0 Å². The summed E-state index contributed by atoms with van der Waals surface area (Å²) in [6.07, 6.45) is -3.30. The molecular formula is C14H19F3N2. The Labute approximate surface area is 111 Å². The van der Waals surface area contributed by atoms with E-state index in [1.54, 1.807) is 0 Å². The summed E-state index contributed by atoms with van der Waals surface area (Å²) in [6.45, 7) is 5.48. The Hall–Kier alpha value is -1.39. The molecule has 0 radical (unpaired) electrons. The molecule has 1 aromatic rings. The van der Waals surface area contributed by atoms with Crippen LogP contribution in [-0.4, -0.2) is 13.1 Å². The molecule has 0 unspecified atom stereocenters. The van der Waals surface area contributed by atoms with E-state index in [0.29, 0.717) is 24.9 Å². The van der Waals surface area contributed by atoms with E-state index in [1.165, 1.54) is 12.1 Å². The van der Waals surface area contributed by atoms with Crippen molar-refractivity contribution in [3.05, 3.63) is 23.8 Å². The molecule has 2 nitrogen and oxygen atoms in total. The van der Waals surface area contributed by atoms with Crippen LogP contribution in [0.5, 0.6) is 0 Å². The fourth-order valence-electron chi connectivity index (χ4n) is 2.92. The minimum atomic E-state index is -4.37. The van der Waals surface area contributed by atoms with Crippen LogP contribution < -0.4 is 10.6 Å². The van der Waals surface area contributed by atoms with E-state index >= 15 is 0 Å². The Morgan fingerprint density at radius 1 is 1.16 bits per heavy atom. The molecule has 1 aromatic carbocycles. The van der Waals surface area contributed by atoms with E-state index in [4.69, 9.17) is 5.73 Å². The number of nitrogens with two attached hydrogens (primary N) is 1. The summed E-state index contributed by atoms with van der Waals surface area (Å²) in [5, 5.41) is 0. The van der Waals surface area contributed by atoms with Gasteiger partial charge in [0.1, 0.15) is 0 Å². The number of benzene rings is 1. The van der Waals surface area contributed by atoms with Gasteiger partial charge in [0.05, 0.1) is 5.56 Å². The van der Waals surface area contributed by atoms with Crippen LogP contribution in [0.4, 0.5) is 24.5 Å². The SMILES string of the molecule is C[C@H]1C[C@H](C)CN(c2ccc(N)cc2C(F)(F)F)C1. The molecule has 1 saturated heterocycles. The maximum atomic E-state index is 13.1. The quantitative estimate of drug-likeness (QED) is 0.788. The summed E-state index contributed by atoms with van der Waals surface area (Å²) >= 11 is 0. The van der Waals surface area contributed by atoms with Crippen LogP contribution in [0.25, 0.3) is 0 Å². The lowest BCUT2D eigenvalue weighted by molar-refractivity contribution is -0.137. The summed E-state index contributed by atoms with van der Waals surface area (Å²) in [4.78, 5) is 1.83. The van der Waals surface area contributed by atoms with Gasteiger partial charge in [0.25, 0.3) is 0 Å². The largest absolute Gasteiger partial charge is 0.418 e. The number of nitrogen functional groups attached to an aromatic ring is 1. The van der Waals surface area contributed by atoms with Gasteiger partial charge in [0, 0.05) is 24.5 Å². The van der Waals surface area contributed by atoms with Crippen molar-refractivity contribution in [2.24, 2.45) is 11.8 Å². The fourth-order valence-corrected chi connectivity index (χ4v) is 2.92. The highest BCUT2D eigenvalue weighted by molar-refractivity contribution is 5.61. The number of alkyl halides is 3. The molecule has 19 heavy (non-hydrogen) atoms. The molecule has 1 fully saturated rings. The lowest BCUT2D eigenvalue weighted by Crippen LogP contribution is -2.39. The first-order valence-corrected chi connectivity index (χ1v) is 6.49. The van der Waals surface area contributed by atoms with E-state index in [-0.39, 0.29) is 11.4 Å². The molecule has 0 aliphatic carbocycles. The van der Waals surface area contributed by atoms with Crippen molar-refractivity contribution in [2.75, 3.05) is 23.7 Å². The molecular weight excluding hydrogens is 253 g/mol. The molecule has 0 bridgehead atoms. The second-order valence-corrected chi connectivity index (χ2v) is 5.63. The first-order valence-electron chi connectivity index (χ1n) is 6.49. The van der Waals surface area contributed by atoms with Gasteiger partial charge in [-0.3, -0.25) is 0 Å². The Morgan fingerprint density at radius 3 is 2.26 bits per heavy atom. The van der Waals surface area contributed by atoms with Crippen LogP contribution >= 0.6 is 0 Å². The Balaban J connectivity index is 2.39. The van der Waals surface area contributed by atoms with Crippen molar-refractivity contribution >= 4 is 11.4 Å². The van der Waals surface area contributed by atoms with Crippen LogP contribution in [0, 0.1) is 11.8 Å². The Morgan fingerprint density at radius 2 is 1.74 bits per heavy atom. The normalized spacial score (nSPS) is 24.6. The molecule has 1 aliphatic rings. The second kappa shape index (κ2) is 4.94. The minimum Gasteiger partial charge on any atom is -0.399 e. The third-order valence-electron chi connectivity index (χ3n) is 3.54. The van der Waals surface area contributed by atoms with Crippen LogP contribution in [0.2, 0.25) is 0 Å². The third-order valence-corrected chi connectivity index (χ3v) is 3.54. The molecule has 0 amide bonds. The number of nitrogens with zero attached hydrogens (tertiary/aromatic N) is 1. The van der Waals surface area contributed by atoms with Crippen molar-refractivity contribution in [3.63, 3.8) is 0 Å². The van der Waals surface area contributed by atoms with Crippen LogP contribution in [0.1, 0.15) is 25.8 Å². The van der Waals surface area contributed by atoms with Crippen molar-refractivity contribution < 1.29 is 13.2 Å². The lowest BCUT2D eigenvalue weighted by atomic mass is 9.91. The number of piperidine rings is 1. The van der Waals surface area contributed by atoms with E-state index < -0.39 is 11.7 Å². The predicted molar refractivity (Wildman–Crippen MR) is 71.0 cm³/mol. The van der Waals surface area contributed by atoms with Crippen molar-refractivity contribution in [2.45, 2.75) is 26.4 Å². The average Bonchev–Trinajstić information content (AvgIpc) is 2.26. The van der Waals surface area contributed by atoms with E-state index in [9.17, 15) is 13.2 Å². The van der Waals surface area contributed by atoms with Gasteiger partial charge in [-0.25, -0.2) is 0 Å². The van der Waals surface area contributed by atoms with Gasteiger partial charge in [-0.1, -0.05) is 13.8 Å². The molecule has 2 atom stereocenters. The van der Waals surface area contributed by atoms with Gasteiger partial charge in [-0.15, -0.1) is 0 Å². The highest BCUT2D eigenvalue weighted by Gasteiger charge is 2.36. The maximum Gasteiger partial charge on any atom is 0.418 e. The molecule has 2 N–H and O–H groups in total. The molecule has 2 rings (SSSR count). The second-order valence-electron chi connectivity index (χ2n) is 5.63. The van der Waals surface area contributed by atoms with Gasteiger partial charge in [-0.05, 0) is 36.5 Å². The Bertz CT molecular complexity index is 446. The highest BCUT2D eigenvalue weighted by Crippen LogP contribution is 2.39. The zero-order valence-corrected chi connectivity index (χ0v) is 11.2. The standard InChI is InChI=1S/C14H19F3N2/c1-9-5-10(2)8-19(7-9)13-4-3-11(18)6-12(13)14(15,16)17/h3-4,6,9-10H,5,7-8,18H2,1-2H3/t9-,10-/m0/s1. The monoisotopic (exact) mass is 272 g/mol. The van der Waals surface area contributed by atoms with E-state index in [2.05, 4.69) is 13.8 Å². The van der Waals surface area contributed by atoms with Gasteiger partial charge in [0.15, 0.2) is 0 Å².